The van der Waals surface area contributed by atoms with Crippen LogP contribution in [0.4, 0.5) is 13.2 Å². The Morgan fingerprint density at radius 3 is 2.00 bits per heavy atom. The molecule has 0 aromatic rings. The van der Waals surface area contributed by atoms with Gasteiger partial charge in [0.25, 0.3) is 0 Å². The van der Waals surface area contributed by atoms with Gasteiger partial charge in [-0.05, 0) is 7.05 Å². The number of hydrogen-bond acceptors (Lipinski definition) is 4. The van der Waals surface area contributed by atoms with Gasteiger partial charge in [-0.1, -0.05) is 13.1 Å². The minimum Gasteiger partial charge on any atom is -0.370 e. The largest absolute Gasteiger partial charge is 0.492 e. The van der Waals surface area contributed by atoms with Crippen molar-refractivity contribution in [2.45, 2.75) is 19.3 Å². The number of alkyl halides is 3. The van der Waals surface area contributed by atoms with Crippen LogP contribution in [0.2, 0.25) is 13.1 Å². The van der Waals surface area contributed by atoms with Crippen LogP contribution in [0, 0.1) is 0 Å². The van der Waals surface area contributed by atoms with E-state index in [9.17, 15) is 18.0 Å². The van der Waals surface area contributed by atoms with Crippen molar-refractivity contribution in [1.82, 2.24) is 9.71 Å². The fourth-order valence-electron chi connectivity index (χ4n) is 0.258. The first kappa shape index (κ1) is 17.0. The number of nitrogens with zero attached hydrogens (tertiary/aromatic N) is 1. The van der Waals surface area contributed by atoms with E-state index in [1.54, 1.807) is 6.55 Å². The zero-order valence-corrected chi connectivity index (χ0v) is 12.1. The molecule has 15 heavy (non-hydrogen) atoms. The molecule has 0 atom stereocenters. The topological polar surface area (TPSA) is 41.6 Å². The molecule has 0 fully saturated rings. The Kier molecular flexibility index (Phi) is 10.1. The number of hydrogen-bond donors (Lipinski definition) is 1. The molecule has 0 amide bonds. The minimum absolute atomic E-state index is 0.174. The van der Waals surface area contributed by atoms with Gasteiger partial charge in [0.2, 0.25) is 0 Å². The second-order valence-electron chi connectivity index (χ2n) is 2.53. The number of nitrogens with one attached hydrogen (secondary N) is 1. The van der Waals surface area contributed by atoms with Crippen LogP contribution < -0.4 is 4.98 Å². The highest BCUT2D eigenvalue weighted by molar-refractivity contribution is 6.29. The maximum absolute atomic E-state index is 11.5. The molecule has 0 radical (unpaired) electrons. The molecule has 92 valence electrons. The number of carbonyl (C=O) groups is 1. The zero-order chi connectivity index (χ0) is 12.5. The molecule has 0 unspecified atom stereocenters. The Morgan fingerprint density at radius 1 is 1.40 bits per heavy atom. The molecule has 9 heteroatoms. The average Bonchev–Trinajstić information content (AvgIpc) is 2.16. The first-order chi connectivity index (χ1) is 6.79. The third kappa shape index (κ3) is 11.5. The van der Waals surface area contributed by atoms with Crippen LogP contribution in [0.5, 0.6) is 0 Å². The molecule has 0 aromatic carbocycles. The van der Waals surface area contributed by atoms with Crippen LogP contribution in [0.25, 0.3) is 0 Å². The van der Waals surface area contributed by atoms with Crippen LogP contribution in [-0.2, 0) is 9.63 Å². The lowest BCUT2D eigenvalue weighted by atomic mass is 10.7. The summed E-state index contributed by atoms with van der Waals surface area (Å²) >= 11 is 0. The van der Waals surface area contributed by atoms with Crippen LogP contribution in [-0.4, -0.2) is 50.3 Å². The lowest BCUT2D eigenvalue weighted by Gasteiger charge is -2.14. The Morgan fingerprint density at radius 2 is 1.80 bits per heavy atom. The van der Waals surface area contributed by atoms with Gasteiger partial charge in [-0.2, -0.15) is 17.9 Å². The molecule has 0 bridgehead atoms. The molecule has 0 rings (SSSR count). The van der Waals surface area contributed by atoms with Crippen LogP contribution in [0.1, 0.15) is 0 Å². The van der Waals surface area contributed by atoms with Gasteiger partial charge in [0.1, 0.15) is 9.68 Å². The maximum Gasteiger partial charge on any atom is 0.492 e. The SMILES string of the molecule is CN[SiH2]C.C[SiH2]N(C)OC(=O)C(F)(F)F. The summed E-state index contributed by atoms with van der Waals surface area (Å²) in [5, 5.41) is 0. The molecule has 4 nitrogen and oxygen atoms in total. The van der Waals surface area contributed by atoms with E-state index in [-0.39, 0.29) is 9.68 Å². The Labute approximate surface area is 91.9 Å². The van der Waals surface area contributed by atoms with Gasteiger partial charge in [0, 0.05) is 7.05 Å². The minimum atomic E-state index is -4.89. The lowest BCUT2D eigenvalue weighted by molar-refractivity contribution is -0.220. The summed E-state index contributed by atoms with van der Waals surface area (Å²) in [6.07, 6.45) is -4.89. The highest BCUT2D eigenvalue weighted by Crippen LogP contribution is 2.16. The average molecular weight is 262 g/mol. The molecule has 0 aromatic heterocycles. The van der Waals surface area contributed by atoms with E-state index in [1.165, 1.54) is 7.05 Å². The van der Waals surface area contributed by atoms with Crippen molar-refractivity contribution < 1.29 is 22.8 Å². The Hall–Kier alpha value is -0.386. The van der Waals surface area contributed by atoms with Crippen molar-refractivity contribution in [3.05, 3.63) is 0 Å². The molecular weight excluding hydrogens is 245 g/mol. The van der Waals surface area contributed by atoms with E-state index >= 15 is 0 Å². The number of hydroxylamine groups is 1. The summed E-state index contributed by atoms with van der Waals surface area (Å²) in [5.74, 6) is -2.16. The van der Waals surface area contributed by atoms with Gasteiger partial charge < -0.3 is 9.82 Å². The van der Waals surface area contributed by atoms with Gasteiger partial charge in [0.05, 0.1) is 9.68 Å². The summed E-state index contributed by atoms with van der Waals surface area (Å²) in [5.41, 5.74) is 0. The van der Waals surface area contributed by atoms with E-state index in [2.05, 4.69) is 16.4 Å². The standard InChI is InChI=1S/C4H8F3NO2Si.C2H9NSi/c1-8(11-2)10-3(9)4(5,6)7;1-3-4-2/h11H2,1-2H3;3H,4H2,1-2H3. The predicted molar refractivity (Wildman–Crippen MR) is 57.8 cm³/mol. The van der Waals surface area contributed by atoms with Crippen molar-refractivity contribution in [2.24, 2.45) is 0 Å². The number of carbonyl (C=O) groups excluding carboxylic acids is 1. The van der Waals surface area contributed by atoms with E-state index in [1.807, 2.05) is 7.05 Å². The predicted octanol–water partition coefficient (Wildman–Crippen LogP) is -0.592. The van der Waals surface area contributed by atoms with Gasteiger partial charge >= 0.3 is 12.1 Å². The van der Waals surface area contributed by atoms with E-state index < -0.39 is 21.8 Å². The molecular formula is C6H17F3N2O2Si2. The molecule has 0 saturated carbocycles. The fraction of sp³-hybridized carbons (Fsp3) is 0.833. The second-order valence-corrected chi connectivity index (χ2v) is 5.47. The molecule has 0 aliphatic heterocycles. The smallest absolute Gasteiger partial charge is 0.370 e. The zero-order valence-electron chi connectivity index (χ0n) is 9.31. The van der Waals surface area contributed by atoms with Gasteiger partial charge in [-0.25, -0.2) is 4.79 Å². The van der Waals surface area contributed by atoms with E-state index in [0.29, 0.717) is 0 Å². The first-order valence-corrected chi connectivity index (χ1v) is 8.61. The highest BCUT2D eigenvalue weighted by Gasteiger charge is 2.41. The van der Waals surface area contributed by atoms with Crippen LogP contribution in [0.3, 0.4) is 0 Å². The van der Waals surface area contributed by atoms with Crippen molar-refractivity contribution in [3.63, 3.8) is 0 Å². The first-order valence-electron chi connectivity index (χ1n) is 4.44. The number of rotatable bonds is 3. The van der Waals surface area contributed by atoms with Crippen molar-refractivity contribution in [3.8, 4) is 0 Å². The summed E-state index contributed by atoms with van der Waals surface area (Å²) in [7, 11) is 2.60. The molecule has 0 spiro atoms. The quantitative estimate of drug-likeness (QED) is 0.545. The molecule has 0 aliphatic rings. The molecule has 0 saturated heterocycles. The summed E-state index contributed by atoms with van der Waals surface area (Å²) in [6.45, 7) is 3.91. The lowest BCUT2D eigenvalue weighted by Crippen LogP contribution is -2.33. The van der Waals surface area contributed by atoms with Gasteiger partial charge in [0.15, 0.2) is 0 Å². The normalized spacial score (nSPS) is 12.3. The summed E-state index contributed by atoms with van der Waals surface area (Å²) in [4.78, 5) is 17.0. The highest BCUT2D eigenvalue weighted by atomic mass is 28.2. The number of halogens is 3. The van der Waals surface area contributed by atoms with E-state index in [0.717, 1.165) is 4.73 Å². The second kappa shape index (κ2) is 8.88. The monoisotopic (exact) mass is 262 g/mol. The van der Waals surface area contributed by atoms with Crippen molar-refractivity contribution in [2.75, 3.05) is 14.1 Å². The fourth-order valence-corrected chi connectivity index (χ4v) is 0.504. The van der Waals surface area contributed by atoms with Gasteiger partial charge in [-0.15, -0.1) is 0 Å². The van der Waals surface area contributed by atoms with Gasteiger partial charge in [-0.3, -0.25) is 0 Å². The Balaban J connectivity index is 0. The Bertz CT molecular complexity index is 178. The van der Waals surface area contributed by atoms with Crippen LogP contribution in [0.15, 0.2) is 0 Å². The maximum atomic E-state index is 11.5. The summed E-state index contributed by atoms with van der Waals surface area (Å²) in [6, 6.07) is 0. The molecule has 0 heterocycles. The third-order valence-corrected chi connectivity index (χ3v) is 3.00. The van der Waals surface area contributed by atoms with E-state index in [4.69, 9.17) is 0 Å². The van der Waals surface area contributed by atoms with Crippen molar-refractivity contribution >= 4 is 25.3 Å². The molecule has 0 aliphatic carbocycles. The molecule has 1 N–H and O–H groups in total. The summed E-state index contributed by atoms with van der Waals surface area (Å²) < 4.78 is 35.3. The van der Waals surface area contributed by atoms with Crippen molar-refractivity contribution in [1.29, 1.82) is 0 Å². The third-order valence-electron chi connectivity index (χ3n) is 1.27. The van der Waals surface area contributed by atoms with Crippen LogP contribution >= 0.6 is 0 Å².